The van der Waals surface area contributed by atoms with Crippen molar-refractivity contribution < 1.29 is 4.74 Å². The molecule has 2 atom stereocenters. The molecule has 1 aliphatic heterocycles. The Morgan fingerprint density at radius 3 is 2.58 bits per heavy atom. The molecule has 164 valence electrons. The van der Waals surface area contributed by atoms with Gasteiger partial charge >= 0.3 is 0 Å². The number of nitrogens with two attached hydrogens (primary N) is 1. The number of hydrogen-bond acceptors (Lipinski definition) is 6. The summed E-state index contributed by atoms with van der Waals surface area (Å²) in [6.45, 7) is 0. The highest BCUT2D eigenvalue weighted by atomic mass is 16.5. The first-order valence-electron chi connectivity index (χ1n) is 11.2. The van der Waals surface area contributed by atoms with E-state index in [1.807, 2.05) is 18.5 Å². The number of ether oxygens (including phenoxy) is 1. The zero-order valence-electron chi connectivity index (χ0n) is 18.4. The Morgan fingerprint density at radius 1 is 0.970 bits per heavy atom. The van der Waals surface area contributed by atoms with Crippen LogP contribution in [0.5, 0.6) is 5.75 Å². The quantitative estimate of drug-likeness (QED) is 0.487. The Hall–Kier alpha value is -3.61. The van der Waals surface area contributed by atoms with E-state index in [2.05, 4.69) is 68.8 Å². The van der Waals surface area contributed by atoms with Gasteiger partial charge in [-0.3, -0.25) is 10.3 Å². The molecule has 6 rings (SSSR count). The van der Waals surface area contributed by atoms with Gasteiger partial charge in [-0.1, -0.05) is 30.3 Å². The molecule has 0 bridgehead atoms. The number of rotatable bonds is 5. The van der Waals surface area contributed by atoms with E-state index < -0.39 is 5.54 Å². The number of fused-ring (bicyclic) bond motifs is 1. The molecular formula is C27H25N5O. The normalized spacial score (nSPS) is 21.6. The Balaban J connectivity index is 1.60. The van der Waals surface area contributed by atoms with Crippen molar-refractivity contribution in [3.05, 3.63) is 107 Å². The van der Waals surface area contributed by atoms with Crippen LogP contribution in [0.2, 0.25) is 0 Å². The standard InChI is InChI=1S/C27H25N5O/c1-33-24-10-9-21(13-22(24)17-7-8-17)27(23-6-3-11-31-25(23)26(28)32-27)20-5-2-4-18(12-20)19-14-29-16-30-15-19/h2-6,9-17,26,32H,7-8,28H2,1H3. The molecule has 6 nitrogen and oxygen atoms in total. The summed E-state index contributed by atoms with van der Waals surface area (Å²) in [5.74, 6) is 1.49. The van der Waals surface area contributed by atoms with Gasteiger partial charge in [0, 0.05) is 29.7 Å². The van der Waals surface area contributed by atoms with Crippen LogP contribution in [0.1, 0.15) is 52.9 Å². The van der Waals surface area contributed by atoms with Crippen molar-refractivity contribution in [2.75, 3.05) is 7.11 Å². The zero-order valence-corrected chi connectivity index (χ0v) is 18.4. The van der Waals surface area contributed by atoms with Crippen molar-refractivity contribution in [2.24, 2.45) is 5.73 Å². The van der Waals surface area contributed by atoms with E-state index in [4.69, 9.17) is 10.5 Å². The maximum atomic E-state index is 6.59. The average Bonchev–Trinajstić information content (AvgIpc) is 3.68. The molecular weight excluding hydrogens is 410 g/mol. The van der Waals surface area contributed by atoms with E-state index in [0.717, 1.165) is 39.3 Å². The number of nitrogens with zero attached hydrogens (tertiary/aromatic N) is 3. The molecule has 2 aliphatic rings. The molecule has 1 aliphatic carbocycles. The van der Waals surface area contributed by atoms with E-state index in [1.54, 1.807) is 19.6 Å². The Labute approximate surface area is 192 Å². The van der Waals surface area contributed by atoms with Crippen LogP contribution in [0.25, 0.3) is 11.1 Å². The van der Waals surface area contributed by atoms with Gasteiger partial charge in [-0.15, -0.1) is 0 Å². The van der Waals surface area contributed by atoms with E-state index in [0.29, 0.717) is 5.92 Å². The number of aromatic nitrogens is 3. The van der Waals surface area contributed by atoms with Crippen LogP contribution >= 0.6 is 0 Å². The first-order chi connectivity index (χ1) is 16.2. The van der Waals surface area contributed by atoms with Crippen LogP contribution in [0.15, 0.2) is 79.5 Å². The van der Waals surface area contributed by atoms with Gasteiger partial charge in [0.15, 0.2) is 0 Å². The molecule has 3 N–H and O–H groups in total. The maximum absolute atomic E-state index is 6.59. The Bertz CT molecular complexity index is 1320. The molecule has 1 saturated carbocycles. The predicted molar refractivity (Wildman–Crippen MR) is 127 cm³/mol. The average molecular weight is 436 g/mol. The van der Waals surface area contributed by atoms with Crippen LogP contribution in [-0.2, 0) is 5.54 Å². The van der Waals surface area contributed by atoms with Crippen LogP contribution < -0.4 is 15.8 Å². The third-order valence-electron chi connectivity index (χ3n) is 6.78. The fraction of sp³-hybridized carbons (Fsp3) is 0.222. The minimum atomic E-state index is -0.634. The lowest BCUT2D eigenvalue weighted by Gasteiger charge is -2.33. The van der Waals surface area contributed by atoms with Crippen LogP contribution in [0.3, 0.4) is 0 Å². The summed E-state index contributed by atoms with van der Waals surface area (Å²) in [4.78, 5) is 13.0. The summed E-state index contributed by atoms with van der Waals surface area (Å²) in [6.07, 6.45) is 9.03. The van der Waals surface area contributed by atoms with Crippen molar-refractivity contribution in [1.29, 1.82) is 0 Å². The van der Waals surface area contributed by atoms with Gasteiger partial charge in [0.1, 0.15) is 18.2 Å². The highest BCUT2D eigenvalue weighted by Gasteiger charge is 2.46. The van der Waals surface area contributed by atoms with Crippen molar-refractivity contribution in [1.82, 2.24) is 20.3 Å². The zero-order chi connectivity index (χ0) is 22.4. The highest BCUT2D eigenvalue weighted by molar-refractivity contribution is 5.66. The smallest absolute Gasteiger partial charge is 0.122 e. The molecule has 3 heterocycles. The Kier molecular flexibility index (Phi) is 4.71. The molecule has 6 heteroatoms. The lowest BCUT2D eigenvalue weighted by atomic mass is 9.77. The lowest BCUT2D eigenvalue weighted by molar-refractivity contribution is 0.408. The third-order valence-corrected chi connectivity index (χ3v) is 6.78. The molecule has 0 saturated heterocycles. The first kappa shape index (κ1) is 20.0. The largest absolute Gasteiger partial charge is 0.496 e. The topological polar surface area (TPSA) is 86.0 Å². The molecule has 4 aromatic rings. The molecule has 2 unspecified atom stereocenters. The van der Waals surface area contributed by atoms with Crippen LogP contribution in [0.4, 0.5) is 0 Å². The first-order valence-corrected chi connectivity index (χ1v) is 11.2. The number of nitrogens with one attached hydrogen (secondary N) is 1. The van der Waals surface area contributed by atoms with Gasteiger partial charge in [0.2, 0.25) is 0 Å². The van der Waals surface area contributed by atoms with Gasteiger partial charge in [-0.05, 0) is 65.3 Å². The number of pyridine rings is 1. The number of hydrogen-bond donors (Lipinski definition) is 2. The molecule has 33 heavy (non-hydrogen) atoms. The SMILES string of the molecule is COc1ccc(C2(c3cccc(-c4cncnc4)c3)NC(N)c3ncccc32)cc1C1CC1. The van der Waals surface area contributed by atoms with E-state index in [-0.39, 0.29) is 6.17 Å². The van der Waals surface area contributed by atoms with Crippen molar-refractivity contribution in [3.8, 4) is 16.9 Å². The number of methoxy groups -OCH3 is 1. The molecule has 0 amide bonds. The second kappa shape index (κ2) is 7.76. The summed E-state index contributed by atoms with van der Waals surface area (Å²) >= 11 is 0. The van der Waals surface area contributed by atoms with Crippen LogP contribution in [0, 0.1) is 0 Å². The van der Waals surface area contributed by atoms with Gasteiger partial charge in [-0.25, -0.2) is 9.97 Å². The van der Waals surface area contributed by atoms with E-state index in [1.165, 1.54) is 18.4 Å². The summed E-state index contributed by atoms with van der Waals surface area (Å²) in [5, 5.41) is 3.71. The van der Waals surface area contributed by atoms with Gasteiger partial charge in [0.25, 0.3) is 0 Å². The summed E-state index contributed by atoms with van der Waals surface area (Å²) in [7, 11) is 1.74. The van der Waals surface area contributed by atoms with Gasteiger partial charge in [0.05, 0.1) is 18.3 Å². The Morgan fingerprint density at radius 2 is 1.79 bits per heavy atom. The monoisotopic (exact) mass is 435 g/mol. The maximum Gasteiger partial charge on any atom is 0.122 e. The van der Waals surface area contributed by atoms with Crippen molar-refractivity contribution in [2.45, 2.75) is 30.5 Å². The van der Waals surface area contributed by atoms with Crippen molar-refractivity contribution >= 4 is 0 Å². The minimum absolute atomic E-state index is 0.378. The fourth-order valence-corrected chi connectivity index (χ4v) is 5.07. The fourth-order valence-electron chi connectivity index (χ4n) is 5.07. The second-order valence-electron chi connectivity index (χ2n) is 8.75. The summed E-state index contributed by atoms with van der Waals surface area (Å²) < 4.78 is 5.70. The van der Waals surface area contributed by atoms with E-state index >= 15 is 0 Å². The molecule has 2 aromatic heterocycles. The lowest BCUT2D eigenvalue weighted by Crippen LogP contribution is -2.42. The summed E-state index contributed by atoms with van der Waals surface area (Å²) in [6, 6.07) is 19.1. The van der Waals surface area contributed by atoms with E-state index in [9.17, 15) is 0 Å². The third kappa shape index (κ3) is 3.22. The minimum Gasteiger partial charge on any atom is -0.496 e. The van der Waals surface area contributed by atoms with Crippen LogP contribution in [-0.4, -0.2) is 22.1 Å². The van der Waals surface area contributed by atoms with Crippen molar-refractivity contribution in [3.63, 3.8) is 0 Å². The van der Waals surface area contributed by atoms with Gasteiger partial charge in [-0.2, -0.15) is 0 Å². The number of benzene rings is 2. The predicted octanol–water partition coefficient (Wildman–Crippen LogP) is 4.28. The molecule has 0 radical (unpaired) electrons. The molecule has 1 fully saturated rings. The summed E-state index contributed by atoms with van der Waals surface area (Å²) in [5.41, 5.74) is 13.4. The molecule has 0 spiro atoms. The molecule has 2 aromatic carbocycles. The second-order valence-corrected chi connectivity index (χ2v) is 8.75. The van der Waals surface area contributed by atoms with Gasteiger partial charge < -0.3 is 10.5 Å². The highest BCUT2D eigenvalue weighted by Crippen LogP contribution is 2.49.